The predicted molar refractivity (Wildman–Crippen MR) is 52.4 cm³/mol. The van der Waals surface area contributed by atoms with Gasteiger partial charge in [-0.2, -0.15) is 0 Å². The van der Waals surface area contributed by atoms with Gasteiger partial charge in [0.25, 0.3) is 0 Å². The Morgan fingerprint density at radius 2 is 2.12 bits per heavy atom. The molecule has 1 rings (SSSR count). The molecule has 0 bridgehead atoms. The van der Waals surface area contributed by atoms with Crippen LogP contribution in [0.15, 0.2) is 14.3 Å². The molecule has 44 valence electrons. The molecule has 0 aromatic carbocycles. The highest BCUT2D eigenvalue weighted by Crippen LogP contribution is 2.31. The van der Waals surface area contributed by atoms with E-state index in [1.54, 1.807) is 11.3 Å². The average molecular weight is 368 g/mol. The largest absolute Gasteiger partial charge is 0.121 e. The molecule has 8 heavy (non-hydrogen) atoms. The second-order valence-corrected chi connectivity index (χ2v) is 6.27. The molecule has 1 aromatic heterocycles. The highest BCUT2D eigenvalue weighted by molar-refractivity contribution is 14.1. The van der Waals surface area contributed by atoms with Crippen molar-refractivity contribution < 1.29 is 0 Å². The third-order valence-electron chi connectivity index (χ3n) is 0.615. The van der Waals surface area contributed by atoms with E-state index in [0.29, 0.717) is 0 Å². The molecule has 1 heterocycles. The van der Waals surface area contributed by atoms with Gasteiger partial charge < -0.3 is 0 Å². The van der Waals surface area contributed by atoms with Crippen LogP contribution in [0.4, 0.5) is 0 Å². The average Bonchev–Trinajstić information content (AvgIpc) is 1.85. The van der Waals surface area contributed by atoms with Crippen molar-refractivity contribution in [1.82, 2.24) is 0 Å². The summed E-state index contributed by atoms with van der Waals surface area (Å²) in [6, 6.07) is 2.05. The van der Waals surface area contributed by atoms with Gasteiger partial charge in [-0.15, -0.1) is 11.3 Å². The van der Waals surface area contributed by atoms with E-state index in [2.05, 4.69) is 54.5 Å². The van der Waals surface area contributed by atoms with Gasteiger partial charge >= 0.3 is 0 Å². The Morgan fingerprint density at radius 1 is 1.50 bits per heavy atom. The minimum absolute atomic E-state index is 1.17. The SMILES string of the molecule is Brc1cc(Br)c(I)s1. The van der Waals surface area contributed by atoms with Crippen LogP contribution >= 0.6 is 65.8 Å². The fraction of sp³-hybridized carbons (Fsp3) is 0. The third-order valence-corrected chi connectivity index (χ3v) is 4.91. The first-order valence-electron chi connectivity index (χ1n) is 1.80. The molecule has 0 fully saturated rings. The third kappa shape index (κ3) is 1.68. The van der Waals surface area contributed by atoms with E-state index >= 15 is 0 Å². The molecule has 1 aromatic rings. The summed E-state index contributed by atoms with van der Waals surface area (Å²) in [5.41, 5.74) is 0. The van der Waals surface area contributed by atoms with Crippen molar-refractivity contribution in [2.75, 3.05) is 0 Å². The summed E-state index contributed by atoms with van der Waals surface area (Å²) in [5, 5.41) is 0. The first-order valence-corrected chi connectivity index (χ1v) is 5.28. The lowest BCUT2D eigenvalue weighted by Crippen LogP contribution is -1.50. The zero-order valence-electron chi connectivity index (χ0n) is 3.62. The van der Waals surface area contributed by atoms with E-state index in [9.17, 15) is 0 Å². The van der Waals surface area contributed by atoms with Crippen LogP contribution in [0.1, 0.15) is 0 Å². The molecular formula is C4HBr2IS. The molecular weight excluding hydrogens is 367 g/mol. The van der Waals surface area contributed by atoms with Crippen LogP contribution in [0.25, 0.3) is 0 Å². The lowest BCUT2D eigenvalue weighted by molar-refractivity contribution is 1.81. The van der Waals surface area contributed by atoms with Gasteiger partial charge in [0.15, 0.2) is 0 Å². The molecule has 0 radical (unpaired) electrons. The molecule has 0 unspecified atom stereocenters. The van der Waals surface area contributed by atoms with Gasteiger partial charge in [0.1, 0.15) is 0 Å². The summed E-state index contributed by atoms with van der Waals surface area (Å²) in [6.07, 6.45) is 0. The van der Waals surface area contributed by atoms with E-state index in [1.807, 2.05) is 6.07 Å². The lowest BCUT2D eigenvalue weighted by atomic mass is 10.7. The topological polar surface area (TPSA) is 0 Å². The molecule has 0 nitrogen and oxygen atoms in total. The standard InChI is InChI=1S/C4HBr2IS/c5-2-1-3(6)8-4(2)7/h1H. The van der Waals surface area contributed by atoms with Gasteiger partial charge in [-0.25, -0.2) is 0 Å². The minimum atomic E-state index is 1.17. The molecule has 0 N–H and O–H groups in total. The summed E-state index contributed by atoms with van der Waals surface area (Å²) in [6.45, 7) is 0. The second kappa shape index (κ2) is 2.98. The molecule has 0 saturated carbocycles. The molecule has 0 spiro atoms. The second-order valence-electron chi connectivity index (χ2n) is 1.17. The zero-order valence-corrected chi connectivity index (χ0v) is 9.77. The van der Waals surface area contributed by atoms with Gasteiger partial charge in [0.05, 0.1) is 6.67 Å². The highest BCUT2D eigenvalue weighted by atomic mass is 127. The number of hydrogen-bond donors (Lipinski definition) is 0. The van der Waals surface area contributed by atoms with Crippen LogP contribution in [0.2, 0.25) is 0 Å². The molecule has 0 atom stereocenters. The quantitative estimate of drug-likeness (QED) is 0.610. The Hall–Kier alpha value is 1.39. The van der Waals surface area contributed by atoms with Crippen LogP contribution in [0, 0.1) is 2.88 Å². The van der Waals surface area contributed by atoms with E-state index in [1.165, 1.54) is 11.1 Å². The number of thiophene rings is 1. The fourth-order valence-corrected chi connectivity index (χ4v) is 4.24. The van der Waals surface area contributed by atoms with Crippen LogP contribution < -0.4 is 0 Å². The molecule has 0 saturated heterocycles. The van der Waals surface area contributed by atoms with Crippen molar-refractivity contribution in [3.63, 3.8) is 0 Å². The summed E-state index contributed by atoms with van der Waals surface area (Å²) in [4.78, 5) is 0. The highest BCUT2D eigenvalue weighted by Gasteiger charge is 1.98. The van der Waals surface area contributed by atoms with E-state index < -0.39 is 0 Å². The first-order chi connectivity index (χ1) is 3.70. The number of hydrogen-bond acceptors (Lipinski definition) is 1. The summed E-state index contributed by atoms with van der Waals surface area (Å²) in [7, 11) is 0. The van der Waals surface area contributed by atoms with Crippen molar-refractivity contribution in [1.29, 1.82) is 0 Å². The fourth-order valence-electron chi connectivity index (χ4n) is 0.320. The van der Waals surface area contributed by atoms with Gasteiger partial charge in [-0.3, -0.25) is 0 Å². The van der Waals surface area contributed by atoms with Gasteiger partial charge in [0, 0.05) is 4.47 Å². The predicted octanol–water partition coefficient (Wildman–Crippen LogP) is 3.88. The Bertz CT molecular complexity index is 176. The van der Waals surface area contributed by atoms with Crippen molar-refractivity contribution in [2.45, 2.75) is 0 Å². The summed E-state index contributed by atoms with van der Waals surface area (Å²) in [5.74, 6) is 0. The molecule has 0 aliphatic carbocycles. The number of halogens is 3. The smallest absolute Gasteiger partial charge is 0.0807 e. The Morgan fingerprint density at radius 3 is 2.25 bits per heavy atom. The monoisotopic (exact) mass is 366 g/mol. The van der Waals surface area contributed by atoms with Crippen LogP contribution in [0.3, 0.4) is 0 Å². The van der Waals surface area contributed by atoms with Crippen molar-refractivity contribution in [3.05, 3.63) is 17.2 Å². The molecule has 0 amide bonds. The van der Waals surface area contributed by atoms with E-state index in [4.69, 9.17) is 0 Å². The normalized spacial score (nSPS) is 9.88. The maximum absolute atomic E-state index is 3.39. The van der Waals surface area contributed by atoms with Crippen LogP contribution in [-0.4, -0.2) is 0 Å². The van der Waals surface area contributed by atoms with Crippen molar-refractivity contribution in [2.24, 2.45) is 0 Å². The van der Waals surface area contributed by atoms with Crippen LogP contribution in [0.5, 0.6) is 0 Å². The Kier molecular flexibility index (Phi) is 2.80. The molecule has 0 aliphatic heterocycles. The maximum Gasteiger partial charge on any atom is 0.0807 e. The number of rotatable bonds is 0. The van der Waals surface area contributed by atoms with Crippen molar-refractivity contribution >= 4 is 65.8 Å². The van der Waals surface area contributed by atoms with Gasteiger partial charge in [0.2, 0.25) is 0 Å². The molecule has 0 aliphatic rings. The first kappa shape index (κ1) is 7.50. The minimum Gasteiger partial charge on any atom is -0.121 e. The van der Waals surface area contributed by atoms with Gasteiger partial charge in [-0.1, -0.05) is 0 Å². The summed E-state index contributed by atoms with van der Waals surface area (Å²) >= 11 is 10.8. The Balaban J connectivity index is 3.14. The Labute approximate surface area is 82.1 Å². The van der Waals surface area contributed by atoms with Crippen LogP contribution in [-0.2, 0) is 0 Å². The summed E-state index contributed by atoms with van der Waals surface area (Å²) < 4.78 is 3.64. The van der Waals surface area contributed by atoms with Crippen molar-refractivity contribution in [3.8, 4) is 0 Å². The maximum atomic E-state index is 3.39. The zero-order chi connectivity index (χ0) is 6.15. The lowest BCUT2D eigenvalue weighted by Gasteiger charge is -1.74. The van der Waals surface area contributed by atoms with E-state index in [0.717, 1.165) is 0 Å². The molecule has 4 heteroatoms. The van der Waals surface area contributed by atoms with Gasteiger partial charge in [-0.05, 0) is 60.5 Å². The van der Waals surface area contributed by atoms with E-state index in [-0.39, 0.29) is 0 Å².